The summed E-state index contributed by atoms with van der Waals surface area (Å²) in [4.78, 5) is 23.3. The van der Waals surface area contributed by atoms with Gasteiger partial charge in [-0.3, -0.25) is 9.89 Å². The van der Waals surface area contributed by atoms with E-state index in [9.17, 15) is 0 Å². The van der Waals surface area contributed by atoms with Gasteiger partial charge in [0.1, 0.15) is 17.6 Å². The normalized spacial score (nSPS) is 19.9. The Morgan fingerprint density at radius 2 is 1.66 bits per heavy atom. The minimum atomic E-state index is -0.358. The molecule has 12 rings (SSSR count). The van der Waals surface area contributed by atoms with Crippen LogP contribution in [0.1, 0.15) is 29.2 Å². The Morgan fingerprint density at radius 1 is 0.786 bits per heavy atom. The molecule has 3 aromatic carbocycles. The van der Waals surface area contributed by atoms with Crippen molar-refractivity contribution in [1.29, 1.82) is 0 Å². The van der Waals surface area contributed by atoms with Crippen LogP contribution < -0.4 is 20.9 Å². The van der Waals surface area contributed by atoms with Crippen LogP contribution in [0.5, 0.6) is 0 Å². The number of aliphatic imine (C=N–C) groups is 2. The maximum absolute atomic E-state index is 6.67. The number of ether oxygens (including phenoxy) is 1. The second kappa shape index (κ2) is 18.4. The van der Waals surface area contributed by atoms with E-state index >= 15 is 0 Å². The number of rotatable bonds is 9. The van der Waals surface area contributed by atoms with Gasteiger partial charge in [0, 0.05) is 78.0 Å². The predicted octanol–water partition coefficient (Wildman–Crippen LogP) is 11.5. The van der Waals surface area contributed by atoms with Gasteiger partial charge in [-0.15, -0.1) is 5.73 Å². The molecule has 5 aliphatic heterocycles. The number of anilines is 2. The molecule has 0 fully saturated rings. The van der Waals surface area contributed by atoms with E-state index in [1.165, 1.54) is 11.1 Å². The molecule has 6 bridgehead atoms. The number of nitrogens with one attached hydrogen (secondary N) is 1. The van der Waals surface area contributed by atoms with Crippen molar-refractivity contribution in [3.05, 3.63) is 273 Å². The van der Waals surface area contributed by atoms with Gasteiger partial charge >= 0.3 is 0 Å². The van der Waals surface area contributed by atoms with Crippen molar-refractivity contribution < 1.29 is 4.74 Å². The van der Waals surface area contributed by atoms with Crippen molar-refractivity contribution in [2.24, 2.45) is 15.7 Å². The lowest BCUT2D eigenvalue weighted by Gasteiger charge is -2.33. The first-order valence-electron chi connectivity index (χ1n) is 23.4. The van der Waals surface area contributed by atoms with Gasteiger partial charge in [-0.1, -0.05) is 84.0 Å². The maximum Gasteiger partial charge on any atom is 0.159 e. The summed E-state index contributed by atoms with van der Waals surface area (Å²) in [5.41, 5.74) is 36.8. The Morgan fingerprint density at radius 3 is 2.59 bits per heavy atom. The van der Waals surface area contributed by atoms with Gasteiger partial charge in [-0.25, -0.2) is 15.0 Å². The number of fused-ring (bicyclic) bond motifs is 7. The second-order valence-corrected chi connectivity index (χ2v) is 17.2. The summed E-state index contributed by atoms with van der Waals surface area (Å²) < 4.78 is 6.67. The maximum atomic E-state index is 6.67. The van der Waals surface area contributed by atoms with Crippen LogP contribution in [0.2, 0.25) is 0 Å². The zero-order chi connectivity index (χ0) is 46.8. The Labute approximate surface area is 406 Å². The van der Waals surface area contributed by atoms with Gasteiger partial charge in [0.15, 0.2) is 5.82 Å². The van der Waals surface area contributed by atoms with Gasteiger partial charge in [0.25, 0.3) is 0 Å². The molecule has 4 aromatic rings. The van der Waals surface area contributed by atoms with Crippen molar-refractivity contribution in [3.63, 3.8) is 0 Å². The summed E-state index contributed by atoms with van der Waals surface area (Å²) in [6.07, 6.45) is 44.6. The van der Waals surface area contributed by atoms with Crippen molar-refractivity contribution in [1.82, 2.24) is 15.3 Å². The van der Waals surface area contributed by atoms with Gasteiger partial charge in [0.2, 0.25) is 0 Å². The van der Waals surface area contributed by atoms with Crippen LogP contribution in [0, 0.1) is 0 Å². The zero-order valence-corrected chi connectivity index (χ0v) is 38.0. The average molecular weight is 905 g/mol. The molecule has 334 valence electrons. The van der Waals surface area contributed by atoms with Crippen molar-refractivity contribution in [2.75, 3.05) is 22.9 Å². The van der Waals surface area contributed by atoms with Crippen LogP contribution in [0.4, 0.5) is 11.4 Å². The highest BCUT2D eigenvalue weighted by Crippen LogP contribution is 2.45. The molecule has 0 radical (unpaired) electrons. The van der Waals surface area contributed by atoms with Crippen LogP contribution in [0.15, 0.2) is 267 Å². The molecule has 0 amide bonds. The molecular formula is C61H44N8O. The van der Waals surface area contributed by atoms with E-state index in [2.05, 4.69) is 145 Å². The molecule has 3 N–H and O–H groups in total. The van der Waals surface area contributed by atoms with E-state index < -0.39 is 0 Å². The highest BCUT2D eigenvalue weighted by atomic mass is 16.5. The molecule has 2 atom stereocenters. The summed E-state index contributed by atoms with van der Waals surface area (Å²) in [6, 6.07) is 23.1. The molecule has 3 aliphatic carbocycles. The summed E-state index contributed by atoms with van der Waals surface area (Å²) in [5, 5.41) is 3.50. The Kier molecular flexibility index (Phi) is 11.1. The number of nitrogens with two attached hydrogens (primary N) is 1. The number of nitrogens with zero attached hydrogens (tertiary/aromatic N) is 6. The minimum absolute atomic E-state index is 0.138. The largest absolute Gasteiger partial charge is 0.481 e. The lowest BCUT2D eigenvalue weighted by molar-refractivity contribution is 0.196. The average Bonchev–Trinajstić information content (AvgIpc) is 3.93. The quantitative estimate of drug-likeness (QED) is 0.127. The number of hydrogen-bond donors (Lipinski definition) is 2. The third-order valence-corrected chi connectivity index (χ3v) is 12.9. The molecule has 9 nitrogen and oxygen atoms in total. The van der Waals surface area contributed by atoms with Crippen LogP contribution in [-0.2, 0) is 4.74 Å². The molecular weight excluding hydrogens is 861 g/mol. The Balaban J connectivity index is 0.894. The number of allylic oxidation sites excluding steroid dienone is 13. The summed E-state index contributed by atoms with van der Waals surface area (Å²) in [7, 11) is 0. The molecule has 70 heavy (non-hydrogen) atoms. The van der Waals surface area contributed by atoms with E-state index in [4.69, 9.17) is 20.5 Å². The van der Waals surface area contributed by atoms with Crippen LogP contribution >= 0.6 is 0 Å². The fraction of sp³-hybridized carbons (Fsp3) is 0.0820. The molecule has 8 aliphatic rings. The second-order valence-electron chi connectivity index (χ2n) is 17.2. The van der Waals surface area contributed by atoms with Gasteiger partial charge in [0.05, 0.1) is 34.5 Å². The fourth-order valence-electron chi connectivity index (χ4n) is 9.66. The Hall–Kier alpha value is -9.28. The molecule has 0 saturated heterocycles. The van der Waals surface area contributed by atoms with Crippen molar-refractivity contribution in [3.8, 4) is 22.5 Å². The number of hydrogen-bond acceptors (Lipinski definition) is 9. The third kappa shape index (κ3) is 7.97. The number of aromatic nitrogens is 2. The summed E-state index contributed by atoms with van der Waals surface area (Å²) in [5.74, 6) is 1.41. The third-order valence-electron chi connectivity index (χ3n) is 12.9. The highest BCUT2D eigenvalue weighted by molar-refractivity contribution is 5.93. The first kappa shape index (κ1) is 42.1. The molecule has 6 heterocycles. The topological polar surface area (TPSA) is 104 Å². The molecule has 2 unspecified atom stereocenters. The molecule has 9 heteroatoms. The molecule has 0 spiro atoms. The van der Waals surface area contributed by atoms with E-state index in [1.54, 1.807) is 18.6 Å². The SMILES string of the molecule is N/C=C\CNCC1=CC=CCC=C1c1ccc2c(c1)C1C=C(C=CC=N1)N2C1=C=CC2=C(C=C1)OC1C=C=CC(N3C4=C=C(N=CC=C4)c4cc(-c5ccccc5-c5ncccn5)ccc43)=C=CC2=C1. The lowest BCUT2D eigenvalue weighted by Crippen LogP contribution is -2.25. The van der Waals surface area contributed by atoms with Crippen molar-refractivity contribution in [2.45, 2.75) is 18.6 Å². The predicted molar refractivity (Wildman–Crippen MR) is 282 cm³/mol. The fourth-order valence-corrected chi connectivity index (χ4v) is 9.66. The van der Waals surface area contributed by atoms with E-state index in [0.29, 0.717) is 12.4 Å². The van der Waals surface area contributed by atoms with Crippen LogP contribution in [0.3, 0.4) is 0 Å². The van der Waals surface area contributed by atoms with Gasteiger partial charge < -0.3 is 20.7 Å². The van der Waals surface area contributed by atoms with E-state index in [0.717, 1.165) is 103 Å². The summed E-state index contributed by atoms with van der Waals surface area (Å²) in [6.45, 7) is 1.42. The lowest BCUT2D eigenvalue weighted by atomic mass is 9.90. The minimum Gasteiger partial charge on any atom is -0.481 e. The van der Waals surface area contributed by atoms with E-state index in [1.807, 2.05) is 85.3 Å². The summed E-state index contributed by atoms with van der Waals surface area (Å²) >= 11 is 0. The van der Waals surface area contributed by atoms with Crippen molar-refractivity contribution >= 4 is 35.1 Å². The van der Waals surface area contributed by atoms with E-state index in [-0.39, 0.29) is 12.1 Å². The smallest absolute Gasteiger partial charge is 0.159 e. The number of benzene rings is 3. The Bertz CT molecular complexity index is 3590. The zero-order valence-electron chi connectivity index (χ0n) is 38.0. The first-order chi connectivity index (χ1) is 34.7. The van der Waals surface area contributed by atoms with Gasteiger partial charge in [-0.2, -0.15) is 0 Å². The van der Waals surface area contributed by atoms with Crippen LogP contribution in [0.25, 0.3) is 33.8 Å². The van der Waals surface area contributed by atoms with Crippen LogP contribution in [-0.4, -0.2) is 41.6 Å². The highest BCUT2D eigenvalue weighted by Gasteiger charge is 2.30. The first-order valence-corrected chi connectivity index (χ1v) is 23.4. The molecule has 0 saturated carbocycles. The monoisotopic (exact) mass is 904 g/mol. The van der Waals surface area contributed by atoms with Gasteiger partial charge in [-0.05, 0) is 137 Å². The molecule has 1 aromatic heterocycles. The standard InChI is InChI=1S/C61H44N8O/c62-29-9-30-63-40-44-11-2-1-3-16-50(44)42-20-26-59-54(36-42)56-39-48(14-8-32-64-56)69(59)46-23-25-52-41-19-22-45(12-6-15-49(35-41)70-60(52)28-24-46)68-47-13-7-31-65-57(38-47)55-37-43(21-27-58(55)68)51-17-4-5-18-53(51)61-66-33-10-34-67-61/h1-2,4-5,7-21,24-29,31-37,39,49,56,63H,3,30,40,62H2/b29-9-.